The minimum Gasteiger partial charge on any atom is -0.369 e. The molecule has 4 rings (SSSR count). The molecule has 0 aliphatic carbocycles. The Kier molecular flexibility index (Phi) is 5.18. The van der Waals surface area contributed by atoms with Gasteiger partial charge in [-0.3, -0.25) is 19.7 Å². The van der Waals surface area contributed by atoms with E-state index in [2.05, 4.69) is 15.0 Å². The number of aliphatic imine (C=N–C) groups is 1. The van der Waals surface area contributed by atoms with Crippen LogP contribution in [0.2, 0.25) is 5.02 Å². The molecule has 2 aromatic heterocycles. The van der Waals surface area contributed by atoms with E-state index in [1.807, 2.05) is 13.0 Å². The van der Waals surface area contributed by atoms with Gasteiger partial charge in [0.15, 0.2) is 11.5 Å². The van der Waals surface area contributed by atoms with E-state index in [0.29, 0.717) is 16.1 Å². The Balaban J connectivity index is 2.00. The highest BCUT2D eigenvalue weighted by Crippen LogP contribution is 2.42. The van der Waals surface area contributed by atoms with Gasteiger partial charge in [0.25, 0.3) is 12.3 Å². The van der Waals surface area contributed by atoms with E-state index in [-0.39, 0.29) is 11.5 Å². The molecule has 1 aliphatic heterocycles. The molecule has 3 heterocycles. The summed E-state index contributed by atoms with van der Waals surface area (Å²) in [4.78, 5) is 27.1. The summed E-state index contributed by atoms with van der Waals surface area (Å²) in [5.41, 5.74) is 6.79. The highest BCUT2D eigenvalue weighted by atomic mass is 35.5. The van der Waals surface area contributed by atoms with Crippen molar-refractivity contribution in [3.05, 3.63) is 82.4 Å². The van der Waals surface area contributed by atoms with Crippen molar-refractivity contribution in [2.24, 2.45) is 10.7 Å². The molecule has 158 valence electrons. The Morgan fingerprint density at radius 3 is 2.52 bits per heavy atom. The van der Waals surface area contributed by atoms with E-state index in [1.54, 1.807) is 30.5 Å². The van der Waals surface area contributed by atoms with Crippen molar-refractivity contribution >= 4 is 23.5 Å². The maximum atomic E-state index is 13.4. The van der Waals surface area contributed by atoms with E-state index in [1.165, 1.54) is 30.3 Å². The quantitative estimate of drug-likeness (QED) is 0.661. The lowest BCUT2D eigenvalue weighted by Crippen LogP contribution is -2.41. The number of carbonyl (C=O) groups excluding carboxylic acids is 1. The second-order valence-electron chi connectivity index (χ2n) is 7.18. The highest BCUT2D eigenvalue weighted by molar-refractivity contribution is 6.31. The van der Waals surface area contributed by atoms with Crippen molar-refractivity contribution in [1.29, 1.82) is 0 Å². The number of rotatable bonds is 4. The minimum atomic E-state index is -2.81. The van der Waals surface area contributed by atoms with Gasteiger partial charge in [0.05, 0.1) is 0 Å². The molecule has 1 aromatic carbocycles. The molecule has 1 aliphatic rings. The molecule has 6 nitrogen and oxygen atoms in total. The molecular weight excluding hydrogens is 424 g/mol. The molecule has 0 spiro atoms. The van der Waals surface area contributed by atoms with Crippen molar-refractivity contribution in [3.8, 4) is 11.1 Å². The molecule has 0 radical (unpaired) electrons. The fourth-order valence-corrected chi connectivity index (χ4v) is 3.96. The van der Waals surface area contributed by atoms with Crippen LogP contribution >= 0.6 is 11.6 Å². The van der Waals surface area contributed by atoms with Crippen LogP contribution in [0.4, 0.5) is 8.78 Å². The van der Waals surface area contributed by atoms with Crippen LogP contribution < -0.4 is 5.73 Å². The largest absolute Gasteiger partial charge is 0.369 e. The molecule has 9 heteroatoms. The molecule has 0 bridgehead atoms. The summed E-state index contributed by atoms with van der Waals surface area (Å²) in [6.45, 7) is 1.86. The first-order chi connectivity index (χ1) is 14.7. The van der Waals surface area contributed by atoms with Crippen molar-refractivity contribution in [1.82, 2.24) is 14.9 Å². The molecule has 2 N–H and O–H groups in total. The van der Waals surface area contributed by atoms with Gasteiger partial charge in [0, 0.05) is 35.7 Å². The Morgan fingerprint density at radius 1 is 1.10 bits per heavy atom. The second kappa shape index (κ2) is 7.70. The van der Waals surface area contributed by atoms with Gasteiger partial charge in [-0.05, 0) is 60.0 Å². The van der Waals surface area contributed by atoms with Gasteiger partial charge in [-0.1, -0.05) is 17.7 Å². The van der Waals surface area contributed by atoms with Crippen LogP contribution in [0.15, 0.2) is 59.9 Å². The summed E-state index contributed by atoms with van der Waals surface area (Å²) in [6.07, 6.45) is 0.0994. The van der Waals surface area contributed by atoms with Gasteiger partial charge >= 0.3 is 0 Å². The summed E-state index contributed by atoms with van der Waals surface area (Å²) in [6, 6.07) is 11.4. The number of nitrogens with two attached hydrogens (primary N) is 1. The second-order valence-corrected chi connectivity index (χ2v) is 7.62. The lowest BCUT2D eigenvalue weighted by atomic mass is 9.81. The number of aromatic nitrogens is 2. The lowest BCUT2D eigenvalue weighted by molar-refractivity contribution is -0.129. The van der Waals surface area contributed by atoms with Gasteiger partial charge < -0.3 is 5.73 Å². The highest BCUT2D eigenvalue weighted by Gasteiger charge is 2.50. The zero-order valence-electron chi connectivity index (χ0n) is 16.7. The fraction of sp³-hybridized carbons (Fsp3) is 0.182. The molecule has 3 aromatic rings. The van der Waals surface area contributed by atoms with Crippen molar-refractivity contribution in [3.63, 3.8) is 0 Å². The summed E-state index contributed by atoms with van der Waals surface area (Å²) >= 11 is 6.42. The normalized spacial score (nSPS) is 18.6. The maximum Gasteiger partial charge on any atom is 0.280 e. The van der Waals surface area contributed by atoms with Gasteiger partial charge in [0.1, 0.15) is 5.69 Å². The molecule has 31 heavy (non-hydrogen) atoms. The third kappa shape index (κ3) is 3.42. The number of hydrogen-bond donors (Lipinski definition) is 1. The number of carbonyl (C=O) groups is 1. The molecule has 0 saturated carbocycles. The number of alkyl halides is 2. The summed E-state index contributed by atoms with van der Waals surface area (Å²) < 4.78 is 26.7. The third-order valence-electron chi connectivity index (χ3n) is 5.30. The van der Waals surface area contributed by atoms with Gasteiger partial charge in [0.2, 0.25) is 0 Å². The first kappa shape index (κ1) is 20.9. The van der Waals surface area contributed by atoms with Crippen LogP contribution in [-0.2, 0) is 10.3 Å². The number of amides is 1. The van der Waals surface area contributed by atoms with Crippen LogP contribution in [0.3, 0.4) is 0 Å². The summed E-state index contributed by atoms with van der Waals surface area (Å²) in [5, 5.41) is 0.356. The Bertz CT molecular complexity index is 1220. The topological polar surface area (TPSA) is 84.5 Å². The van der Waals surface area contributed by atoms with Crippen molar-refractivity contribution in [2.75, 3.05) is 7.05 Å². The average molecular weight is 442 g/mol. The van der Waals surface area contributed by atoms with E-state index in [4.69, 9.17) is 17.3 Å². The number of aryl methyl sites for hydroxylation is 1. The predicted molar refractivity (Wildman–Crippen MR) is 114 cm³/mol. The average Bonchev–Trinajstić information content (AvgIpc) is 2.98. The number of likely N-dealkylation sites (N-methyl/N-ethyl adjacent to an activating group) is 1. The fourth-order valence-electron chi connectivity index (χ4n) is 3.72. The zero-order chi connectivity index (χ0) is 22.3. The number of hydrogen-bond acceptors (Lipinski definition) is 5. The van der Waals surface area contributed by atoms with Crippen LogP contribution in [0.5, 0.6) is 0 Å². The molecule has 1 unspecified atom stereocenters. The first-order valence-electron chi connectivity index (χ1n) is 9.35. The van der Waals surface area contributed by atoms with Crippen LogP contribution in [-0.4, -0.2) is 33.8 Å². The number of guanidine groups is 1. The van der Waals surface area contributed by atoms with Crippen molar-refractivity contribution < 1.29 is 13.6 Å². The van der Waals surface area contributed by atoms with Crippen molar-refractivity contribution in [2.45, 2.75) is 18.9 Å². The first-order valence-corrected chi connectivity index (χ1v) is 9.73. The Labute approximate surface area is 182 Å². The molecule has 0 saturated heterocycles. The predicted octanol–water partition coefficient (Wildman–Crippen LogP) is 4.07. The smallest absolute Gasteiger partial charge is 0.280 e. The Morgan fingerprint density at radius 2 is 1.87 bits per heavy atom. The van der Waals surface area contributed by atoms with E-state index in [0.717, 1.165) is 11.3 Å². The summed E-state index contributed by atoms with van der Waals surface area (Å²) in [5.74, 6) is -0.507. The van der Waals surface area contributed by atoms with Gasteiger partial charge in [-0.15, -0.1) is 0 Å². The number of halogens is 3. The van der Waals surface area contributed by atoms with E-state index in [9.17, 15) is 13.6 Å². The molecule has 1 atom stereocenters. The monoisotopic (exact) mass is 441 g/mol. The molecule has 0 fully saturated rings. The Hall–Kier alpha value is -3.39. The lowest BCUT2D eigenvalue weighted by Gasteiger charge is -2.27. The van der Waals surface area contributed by atoms with Crippen LogP contribution in [0, 0.1) is 6.92 Å². The SMILES string of the molecule is Cc1ncccc1-c1cc(Cl)cc(C2(c3ccnc(C(F)F)c3)N=C(N)N(C)C2=O)c1. The minimum absolute atomic E-state index is 0.0282. The van der Waals surface area contributed by atoms with Crippen LogP contribution in [0.1, 0.15) is 28.9 Å². The van der Waals surface area contributed by atoms with E-state index < -0.39 is 23.6 Å². The standard InChI is InChI=1S/C22H18ClF2N5O/c1-12-17(4-3-6-27-12)13-8-15(10-16(23)9-13)22(20(31)30(2)21(26)29-22)14-5-7-28-18(11-14)19(24)25/h3-11,19H,1-2H3,(H2,26,29). The summed E-state index contributed by atoms with van der Waals surface area (Å²) in [7, 11) is 1.48. The molecular formula is C22H18ClF2N5O. The zero-order valence-corrected chi connectivity index (χ0v) is 17.4. The van der Waals surface area contributed by atoms with Gasteiger partial charge in [-0.2, -0.15) is 0 Å². The number of benzene rings is 1. The van der Waals surface area contributed by atoms with E-state index >= 15 is 0 Å². The number of nitrogens with zero attached hydrogens (tertiary/aromatic N) is 4. The van der Waals surface area contributed by atoms with Gasteiger partial charge in [-0.25, -0.2) is 13.8 Å². The maximum absolute atomic E-state index is 13.4. The molecule has 1 amide bonds. The third-order valence-corrected chi connectivity index (χ3v) is 5.51. The van der Waals surface area contributed by atoms with Crippen LogP contribution in [0.25, 0.3) is 11.1 Å². The number of pyridine rings is 2.